The molecule has 19 heavy (non-hydrogen) atoms. The van der Waals surface area contributed by atoms with Crippen molar-refractivity contribution in [2.75, 3.05) is 18.6 Å². The van der Waals surface area contributed by atoms with Gasteiger partial charge < -0.3 is 15.1 Å². The maximum atomic E-state index is 12.4. The first-order valence-electron chi connectivity index (χ1n) is 6.38. The van der Waals surface area contributed by atoms with Crippen molar-refractivity contribution in [3.8, 4) is 0 Å². The zero-order valence-corrected chi connectivity index (χ0v) is 11.2. The summed E-state index contributed by atoms with van der Waals surface area (Å²) in [4.78, 5) is 14.2. The number of nitrogens with two attached hydrogens (primary N) is 1. The van der Waals surface area contributed by atoms with Crippen LogP contribution in [0, 0.1) is 0 Å². The van der Waals surface area contributed by atoms with Gasteiger partial charge in [-0.15, -0.1) is 10.2 Å². The number of hydrazine groups is 1. The molecule has 0 aliphatic carbocycles. The Balaban J connectivity index is 2.15. The molecule has 7 heteroatoms. The number of amides is 1. The fourth-order valence-electron chi connectivity index (χ4n) is 2.10. The Morgan fingerprint density at radius 2 is 2.37 bits per heavy atom. The fraction of sp³-hybridized carbons (Fsp3) is 0.583. The minimum absolute atomic E-state index is 0.0460. The van der Waals surface area contributed by atoms with Crippen molar-refractivity contribution in [1.82, 2.24) is 15.1 Å². The molecule has 0 saturated carbocycles. The molecule has 2 atom stereocenters. The van der Waals surface area contributed by atoms with E-state index in [0.717, 1.165) is 6.42 Å². The van der Waals surface area contributed by atoms with Crippen LogP contribution in [0.15, 0.2) is 12.1 Å². The van der Waals surface area contributed by atoms with Crippen molar-refractivity contribution in [3.63, 3.8) is 0 Å². The Morgan fingerprint density at radius 3 is 2.95 bits per heavy atom. The highest BCUT2D eigenvalue weighted by Crippen LogP contribution is 2.17. The summed E-state index contributed by atoms with van der Waals surface area (Å²) < 4.78 is 5.58. The first kappa shape index (κ1) is 13.7. The minimum Gasteiger partial charge on any atom is -0.375 e. The average Bonchev–Trinajstić information content (AvgIpc) is 2.46. The van der Waals surface area contributed by atoms with Crippen molar-refractivity contribution < 1.29 is 9.53 Å². The Labute approximate surface area is 112 Å². The summed E-state index contributed by atoms with van der Waals surface area (Å²) in [5, 5.41) is 7.71. The normalized spacial score (nSPS) is 23.2. The van der Waals surface area contributed by atoms with Crippen molar-refractivity contribution in [3.05, 3.63) is 17.8 Å². The van der Waals surface area contributed by atoms with E-state index in [1.54, 1.807) is 12.1 Å². The lowest BCUT2D eigenvalue weighted by Crippen LogP contribution is -2.51. The van der Waals surface area contributed by atoms with Gasteiger partial charge in [0.25, 0.3) is 5.91 Å². The smallest absolute Gasteiger partial charge is 0.274 e. The van der Waals surface area contributed by atoms with Gasteiger partial charge >= 0.3 is 0 Å². The molecule has 104 valence electrons. The quantitative estimate of drug-likeness (QED) is 0.607. The van der Waals surface area contributed by atoms with Crippen LogP contribution >= 0.6 is 0 Å². The summed E-state index contributed by atoms with van der Waals surface area (Å²) in [6.07, 6.45) is 0.901. The monoisotopic (exact) mass is 265 g/mol. The van der Waals surface area contributed by atoms with Crippen LogP contribution in [0.5, 0.6) is 0 Å². The van der Waals surface area contributed by atoms with Gasteiger partial charge in [0, 0.05) is 6.54 Å². The number of nitrogen functional groups attached to an aromatic ring is 1. The van der Waals surface area contributed by atoms with Crippen LogP contribution in [-0.2, 0) is 4.74 Å². The molecule has 0 radical (unpaired) electrons. The summed E-state index contributed by atoms with van der Waals surface area (Å²) in [5.74, 6) is 5.53. The second-order valence-electron chi connectivity index (χ2n) is 4.61. The van der Waals surface area contributed by atoms with E-state index in [4.69, 9.17) is 10.6 Å². The van der Waals surface area contributed by atoms with Crippen molar-refractivity contribution in [1.29, 1.82) is 0 Å². The summed E-state index contributed by atoms with van der Waals surface area (Å²) in [6.45, 7) is 5.14. The molecule has 2 rings (SSSR count). The number of carbonyl (C=O) groups is 1. The number of anilines is 1. The molecule has 1 aromatic rings. The van der Waals surface area contributed by atoms with Crippen LogP contribution in [0.2, 0.25) is 0 Å². The van der Waals surface area contributed by atoms with Gasteiger partial charge in [-0.1, -0.05) is 6.92 Å². The highest BCUT2D eigenvalue weighted by molar-refractivity contribution is 5.92. The predicted molar refractivity (Wildman–Crippen MR) is 70.4 cm³/mol. The van der Waals surface area contributed by atoms with Gasteiger partial charge in [-0.3, -0.25) is 4.79 Å². The van der Waals surface area contributed by atoms with Gasteiger partial charge in [0.05, 0.1) is 18.8 Å². The zero-order chi connectivity index (χ0) is 13.8. The number of hydrogen-bond acceptors (Lipinski definition) is 6. The maximum absolute atomic E-state index is 12.4. The first-order valence-corrected chi connectivity index (χ1v) is 6.38. The average molecular weight is 265 g/mol. The van der Waals surface area contributed by atoms with Gasteiger partial charge in [-0.05, 0) is 25.5 Å². The number of morpholine rings is 1. The van der Waals surface area contributed by atoms with Crippen LogP contribution < -0.4 is 11.3 Å². The molecule has 0 bridgehead atoms. The summed E-state index contributed by atoms with van der Waals surface area (Å²) in [6, 6.07) is 3.35. The largest absolute Gasteiger partial charge is 0.375 e. The van der Waals surface area contributed by atoms with Crippen LogP contribution in [0.3, 0.4) is 0 Å². The van der Waals surface area contributed by atoms with E-state index in [2.05, 4.69) is 15.6 Å². The zero-order valence-electron chi connectivity index (χ0n) is 11.2. The summed E-state index contributed by atoms with van der Waals surface area (Å²) in [5.41, 5.74) is 2.71. The Morgan fingerprint density at radius 1 is 1.58 bits per heavy atom. The third-order valence-electron chi connectivity index (χ3n) is 3.23. The van der Waals surface area contributed by atoms with Crippen LogP contribution in [0.25, 0.3) is 0 Å². The van der Waals surface area contributed by atoms with Gasteiger partial charge in [0.1, 0.15) is 0 Å². The number of nitrogens with one attached hydrogen (secondary N) is 1. The second kappa shape index (κ2) is 5.94. The molecular weight excluding hydrogens is 246 g/mol. The van der Waals surface area contributed by atoms with E-state index in [1.165, 1.54) is 0 Å². The summed E-state index contributed by atoms with van der Waals surface area (Å²) in [7, 11) is 0. The number of hydrogen-bond donors (Lipinski definition) is 2. The summed E-state index contributed by atoms with van der Waals surface area (Å²) >= 11 is 0. The molecule has 1 aliphatic heterocycles. The van der Waals surface area contributed by atoms with Crippen molar-refractivity contribution in [2.45, 2.75) is 32.4 Å². The number of nitrogens with zero attached hydrogens (tertiary/aromatic N) is 3. The third kappa shape index (κ3) is 2.99. The lowest BCUT2D eigenvalue weighted by molar-refractivity contribution is -0.0446. The number of ether oxygens (including phenoxy) is 1. The Hall–Kier alpha value is -1.73. The van der Waals surface area contributed by atoms with E-state index in [9.17, 15) is 4.79 Å². The van der Waals surface area contributed by atoms with E-state index >= 15 is 0 Å². The molecule has 1 amide bonds. The molecule has 1 aromatic heterocycles. The van der Waals surface area contributed by atoms with Crippen LogP contribution in [0.4, 0.5) is 5.82 Å². The topological polar surface area (TPSA) is 93.4 Å². The Kier molecular flexibility index (Phi) is 4.28. The van der Waals surface area contributed by atoms with E-state index in [-0.39, 0.29) is 18.1 Å². The highest BCUT2D eigenvalue weighted by atomic mass is 16.5. The molecule has 2 unspecified atom stereocenters. The van der Waals surface area contributed by atoms with E-state index < -0.39 is 0 Å². The lowest BCUT2D eigenvalue weighted by Gasteiger charge is -2.38. The molecule has 0 spiro atoms. The number of rotatable bonds is 3. The molecule has 3 N–H and O–H groups in total. The first-order chi connectivity index (χ1) is 9.15. The van der Waals surface area contributed by atoms with E-state index in [0.29, 0.717) is 24.7 Å². The standard InChI is InChI=1S/C12H19N5O2/c1-3-9-7-19-8(2)6-17(9)12(18)10-4-5-11(14-13)16-15-10/h4-5,8-9H,3,6-7,13H2,1-2H3,(H,14,16). The number of aromatic nitrogens is 2. The van der Waals surface area contributed by atoms with Gasteiger partial charge in [0.2, 0.25) is 0 Å². The Bertz CT molecular complexity index is 436. The van der Waals surface area contributed by atoms with Crippen LogP contribution in [-0.4, -0.2) is 46.3 Å². The van der Waals surface area contributed by atoms with Gasteiger partial charge in [-0.25, -0.2) is 5.84 Å². The highest BCUT2D eigenvalue weighted by Gasteiger charge is 2.30. The molecule has 1 saturated heterocycles. The molecule has 1 fully saturated rings. The lowest BCUT2D eigenvalue weighted by atomic mass is 10.1. The fourth-order valence-corrected chi connectivity index (χ4v) is 2.10. The SMILES string of the molecule is CCC1COC(C)CN1C(=O)c1ccc(NN)nn1. The van der Waals surface area contributed by atoms with Gasteiger partial charge in [0.15, 0.2) is 11.5 Å². The predicted octanol–water partition coefficient (Wildman–Crippen LogP) is 0.402. The van der Waals surface area contributed by atoms with E-state index in [1.807, 2.05) is 18.7 Å². The molecule has 7 nitrogen and oxygen atoms in total. The third-order valence-corrected chi connectivity index (χ3v) is 3.23. The molecule has 1 aliphatic rings. The van der Waals surface area contributed by atoms with Gasteiger partial charge in [-0.2, -0.15) is 0 Å². The maximum Gasteiger partial charge on any atom is 0.274 e. The molecular formula is C12H19N5O2. The molecule has 0 aromatic carbocycles. The number of carbonyl (C=O) groups excluding carboxylic acids is 1. The van der Waals surface area contributed by atoms with Crippen LogP contribution in [0.1, 0.15) is 30.8 Å². The molecule has 2 heterocycles. The van der Waals surface area contributed by atoms with Crippen molar-refractivity contribution in [2.24, 2.45) is 5.84 Å². The second-order valence-corrected chi connectivity index (χ2v) is 4.61. The van der Waals surface area contributed by atoms with Crippen molar-refractivity contribution >= 4 is 11.7 Å². The minimum atomic E-state index is -0.113.